The number of sulfone groups is 1. The van der Waals surface area contributed by atoms with Crippen molar-refractivity contribution in [2.24, 2.45) is 5.92 Å². The van der Waals surface area contributed by atoms with Gasteiger partial charge in [0.1, 0.15) is 13.6 Å². The highest BCUT2D eigenvalue weighted by Gasteiger charge is 2.37. The number of carbonyl (C=O) groups excluding carboxylic acids is 1. The number of fused-ring (bicyclic) bond motifs is 1. The van der Waals surface area contributed by atoms with E-state index in [1.54, 1.807) is 18.4 Å². The number of aromatic hydroxyl groups is 1. The molecule has 1 aliphatic carbocycles. The molecule has 1 aliphatic heterocycles. The van der Waals surface area contributed by atoms with Crippen molar-refractivity contribution in [3.05, 3.63) is 58.5 Å². The Bertz CT molecular complexity index is 1550. The maximum Gasteiger partial charge on any atom is 0.340 e. The Morgan fingerprint density at radius 3 is 2.76 bits per heavy atom. The molecule has 0 bridgehead atoms. The molecule has 1 saturated carbocycles. The number of phenols is 1. The summed E-state index contributed by atoms with van der Waals surface area (Å²) in [6, 6.07) is 1.66. The van der Waals surface area contributed by atoms with Gasteiger partial charge in [0.25, 0.3) is 0 Å². The fraction of sp³-hybridized carbons (Fsp3) is 0.407. The topological polar surface area (TPSA) is 102 Å². The van der Waals surface area contributed by atoms with Crippen molar-refractivity contribution in [3.8, 4) is 5.75 Å². The highest BCUT2D eigenvalue weighted by Crippen LogP contribution is 2.44. The quantitative estimate of drug-likeness (QED) is 0.328. The van der Waals surface area contributed by atoms with Crippen molar-refractivity contribution in [1.82, 2.24) is 14.5 Å². The lowest BCUT2D eigenvalue weighted by atomic mass is 9.89. The van der Waals surface area contributed by atoms with E-state index in [0.29, 0.717) is 28.1 Å². The summed E-state index contributed by atoms with van der Waals surface area (Å²) in [6.07, 6.45) is 10.3. The van der Waals surface area contributed by atoms with Crippen LogP contribution < -0.4 is 5.46 Å². The Hall–Kier alpha value is -3.05. The molecule has 1 atom stereocenters. The van der Waals surface area contributed by atoms with Crippen LogP contribution in [0.1, 0.15) is 67.7 Å². The summed E-state index contributed by atoms with van der Waals surface area (Å²) in [5.74, 6) is -0.805. The van der Waals surface area contributed by atoms with Gasteiger partial charge in [-0.15, -0.1) is 11.3 Å². The van der Waals surface area contributed by atoms with E-state index < -0.39 is 21.6 Å². The third-order valence-electron chi connectivity index (χ3n) is 7.05. The van der Waals surface area contributed by atoms with Crippen LogP contribution >= 0.6 is 11.3 Å². The lowest BCUT2D eigenvalue weighted by molar-refractivity contribution is 0.0527. The van der Waals surface area contributed by atoms with Crippen molar-refractivity contribution in [2.45, 2.75) is 62.7 Å². The largest absolute Gasteiger partial charge is 0.508 e. The number of ether oxygens (including phenoxy) is 1. The summed E-state index contributed by atoms with van der Waals surface area (Å²) in [6.45, 7) is 6.20. The zero-order chi connectivity index (χ0) is 27.2. The van der Waals surface area contributed by atoms with Gasteiger partial charge in [-0.2, -0.15) is 0 Å². The molecule has 2 aliphatic rings. The minimum atomic E-state index is -3.84. The maximum absolute atomic E-state index is 13.5. The van der Waals surface area contributed by atoms with E-state index in [2.05, 4.69) is 24.1 Å². The zero-order valence-electron chi connectivity index (χ0n) is 21.7. The van der Waals surface area contributed by atoms with Gasteiger partial charge >= 0.3 is 5.97 Å². The second kappa shape index (κ2) is 10.3. The molecule has 1 aromatic carbocycles. The van der Waals surface area contributed by atoms with Gasteiger partial charge in [-0.1, -0.05) is 24.5 Å². The molecule has 38 heavy (non-hydrogen) atoms. The molecule has 0 saturated heterocycles. The summed E-state index contributed by atoms with van der Waals surface area (Å²) >= 11 is 1.04. The number of hydrogen-bond acceptors (Lipinski definition) is 8. The molecule has 2 aromatic heterocycles. The average Bonchev–Trinajstić information content (AvgIpc) is 3.47. The van der Waals surface area contributed by atoms with Gasteiger partial charge in [0.15, 0.2) is 0 Å². The molecule has 5 rings (SSSR count). The van der Waals surface area contributed by atoms with E-state index in [1.807, 2.05) is 22.6 Å². The molecule has 1 N–H and O–H groups in total. The van der Waals surface area contributed by atoms with Gasteiger partial charge in [-0.05, 0) is 45.1 Å². The first-order valence-corrected chi connectivity index (χ1v) is 15.2. The van der Waals surface area contributed by atoms with E-state index >= 15 is 0 Å². The zero-order valence-corrected chi connectivity index (χ0v) is 23.3. The van der Waals surface area contributed by atoms with E-state index in [9.17, 15) is 18.3 Å². The average molecular weight is 551 g/mol. The van der Waals surface area contributed by atoms with Crippen molar-refractivity contribution in [2.75, 3.05) is 6.61 Å². The molecule has 0 spiro atoms. The molecule has 3 heterocycles. The lowest BCUT2D eigenvalue weighted by Gasteiger charge is -2.23. The van der Waals surface area contributed by atoms with Gasteiger partial charge in [0.05, 0.1) is 24.5 Å². The number of benzene rings is 1. The molecule has 3 aromatic rings. The number of rotatable bonds is 8. The van der Waals surface area contributed by atoms with Crippen LogP contribution in [0, 0.1) is 5.92 Å². The Morgan fingerprint density at radius 1 is 1.34 bits per heavy atom. The lowest BCUT2D eigenvalue weighted by Crippen LogP contribution is -2.17. The maximum atomic E-state index is 13.5. The third kappa shape index (κ3) is 4.89. The first-order valence-electron chi connectivity index (χ1n) is 12.7. The second-order valence-electron chi connectivity index (χ2n) is 9.92. The third-order valence-corrected chi connectivity index (χ3v) is 9.96. The van der Waals surface area contributed by atoms with Gasteiger partial charge in [0.2, 0.25) is 14.2 Å². The van der Waals surface area contributed by atoms with Crippen LogP contribution in [0.4, 0.5) is 0 Å². The number of phenolic OH excluding ortho intramolecular Hbond substituents is 1. The number of aromatic nitrogens is 2. The van der Waals surface area contributed by atoms with Gasteiger partial charge < -0.3 is 19.3 Å². The molecular weight excluding hydrogens is 521 g/mol. The van der Waals surface area contributed by atoms with Crippen molar-refractivity contribution in [3.63, 3.8) is 0 Å². The van der Waals surface area contributed by atoms with E-state index in [-0.39, 0.29) is 40.3 Å². The summed E-state index contributed by atoms with van der Waals surface area (Å²) < 4.78 is 34.2. The van der Waals surface area contributed by atoms with Crippen LogP contribution in [0.25, 0.3) is 10.9 Å². The molecule has 8 nitrogen and oxygen atoms in total. The summed E-state index contributed by atoms with van der Waals surface area (Å²) in [4.78, 5) is 19.5. The Kier molecular flexibility index (Phi) is 7.17. The molecular formula is C27H30BN3O5S2. The summed E-state index contributed by atoms with van der Waals surface area (Å²) in [5, 5.41) is 13.3. The highest BCUT2D eigenvalue weighted by atomic mass is 32.2. The minimum Gasteiger partial charge on any atom is -0.508 e. The summed E-state index contributed by atoms with van der Waals surface area (Å²) in [7, 11) is 2.47. The number of nitrogens with zero attached hydrogens (tertiary/aromatic N) is 3. The van der Waals surface area contributed by atoms with Crippen LogP contribution in [0.5, 0.6) is 5.75 Å². The van der Waals surface area contributed by atoms with E-state index in [1.165, 1.54) is 6.20 Å². The van der Waals surface area contributed by atoms with Gasteiger partial charge in [-0.3, -0.25) is 0 Å². The second-order valence-corrected chi connectivity index (χ2v) is 13.0. The van der Waals surface area contributed by atoms with Gasteiger partial charge in [-0.25, -0.2) is 18.2 Å². The number of thiazole rings is 1. The Morgan fingerprint density at radius 2 is 2.11 bits per heavy atom. The number of hydrogen-bond donors (Lipinski definition) is 1. The van der Waals surface area contributed by atoms with Crippen LogP contribution in [-0.2, 0) is 26.9 Å². The monoisotopic (exact) mass is 551 g/mol. The predicted molar refractivity (Wildman–Crippen MR) is 148 cm³/mol. The number of esters is 1. The first kappa shape index (κ1) is 26.6. The normalized spacial score (nSPS) is 18.0. The fourth-order valence-corrected chi connectivity index (χ4v) is 7.23. The predicted octanol–water partition coefficient (Wildman–Crippen LogP) is 4.34. The van der Waals surface area contributed by atoms with Crippen LogP contribution in [-0.4, -0.2) is 48.4 Å². The number of allylic oxidation sites excluding steroid dienone is 3. The smallest absolute Gasteiger partial charge is 0.340 e. The first-order chi connectivity index (χ1) is 18.1. The molecule has 0 amide bonds. The van der Waals surface area contributed by atoms with E-state index in [0.717, 1.165) is 36.3 Å². The summed E-state index contributed by atoms with van der Waals surface area (Å²) in [5.41, 5.74) is 2.76. The minimum absolute atomic E-state index is 0.00733. The van der Waals surface area contributed by atoms with Crippen LogP contribution in [0.3, 0.4) is 0 Å². The van der Waals surface area contributed by atoms with Crippen molar-refractivity contribution >= 4 is 51.4 Å². The molecule has 198 valence electrons. The molecule has 11 heteroatoms. The van der Waals surface area contributed by atoms with Gasteiger partial charge in [0, 0.05) is 51.7 Å². The highest BCUT2D eigenvalue weighted by molar-refractivity contribution is 7.92. The van der Waals surface area contributed by atoms with Crippen molar-refractivity contribution in [1.29, 1.82) is 0 Å². The SMILES string of the molecule is [B]c1cc2c(c(CN3C=CC(C)CC=C3C)c1O)c(C(=O)OCC)c(CS(=O)(=O)c1nccs1)n2C1CC1. The van der Waals surface area contributed by atoms with Crippen LogP contribution in [0.2, 0.25) is 0 Å². The van der Waals surface area contributed by atoms with Crippen LogP contribution in [0.15, 0.2) is 46.0 Å². The Labute approximate surface area is 228 Å². The molecule has 1 fully saturated rings. The van der Waals surface area contributed by atoms with Crippen molar-refractivity contribution < 1.29 is 23.1 Å². The number of carbonyl (C=O) groups is 1. The molecule has 2 radical (unpaired) electrons. The van der Waals surface area contributed by atoms with E-state index in [4.69, 9.17) is 12.6 Å². The molecule has 1 unspecified atom stereocenters. The standard InChI is InChI=1S/C27H30BN3O5S2/c1-4-36-26(33)24-22(15-38(34,35)27-29-10-12-37-27)31(18-7-8-18)21-13-20(28)25(32)19(23(21)24)14-30-11-9-16(2)5-6-17(30)3/h6,9-13,16,18,32H,4-5,7-8,14-15H2,1-3H3. The fourth-order valence-electron chi connectivity index (χ4n) is 4.96. The Balaban J connectivity index is 1.78.